The van der Waals surface area contributed by atoms with Gasteiger partial charge in [0.1, 0.15) is 0 Å². The van der Waals surface area contributed by atoms with Crippen molar-refractivity contribution in [2.45, 2.75) is 20.3 Å². The summed E-state index contributed by atoms with van der Waals surface area (Å²) in [5.41, 5.74) is 1.33. The van der Waals surface area contributed by atoms with Crippen molar-refractivity contribution in [2.24, 2.45) is 5.41 Å². The standard InChI is InChI=1S/C16H20N2O2/c1-16(2,8-10-19)11-18-15(20)13-7-9-17-14-6-4-3-5-12(13)14/h3-7,9,19H,8,10-11H2,1-2H3,(H,18,20). The van der Waals surface area contributed by atoms with Gasteiger partial charge in [0.2, 0.25) is 0 Å². The lowest BCUT2D eigenvalue weighted by molar-refractivity contribution is 0.0930. The number of carbonyl (C=O) groups excluding carboxylic acids is 1. The van der Waals surface area contributed by atoms with E-state index in [0.29, 0.717) is 18.5 Å². The summed E-state index contributed by atoms with van der Waals surface area (Å²) in [5.74, 6) is -0.102. The molecule has 1 amide bonds. The minimum atomic E-state index is -0.118. The number of hydrogen-bond acceptors (Lipinski definition) is 3. The predicted octanol–water partition coefficient (Wildman–Crippen LogP) is 2.37. The van der Waals surface area contributed by atoms with E-state index in [1.165, 1.54) is 0 Å². The molecule has 0 unspecified atom stereocenters. The molecule has 4 heteroatoms. The quantitative estimate of drug-likeness (QED) is 0.878. The van der Waals surface area contributed by atoms with Gasteiger partial charge >= 0.3 is 0 Å². The largest absolute Gasteiger partial charge is 0.396 e. The number of para-hydroxylation sites is 1. The van der Waals surface area contributed by atoms with Crippen molar-refractivity contribution in [3.05, 3.63) is 42.1 Å². The van der Waals surface area contributed by atoms with Gasteiger partial charge in [-0.15, -0.1) is 0 Å². The second-order valence-corrected chi connectivity index (χ2v) is 5.70. The molecule has 2 aromatic rings. The fourth-order valence-corrected chi connectivity index (χ4v) is 2.10. The third-order valence-electron chi connectivity index (χ3n) is 3.41. The Kier molecular flexibility index (Phi) is 4.35. The van der Waals surface area contributed by atoms with Crippen LogP contribution in [0.1, 0.15) is 30.6 Å². The summed E-state index contributed by atoms with van der Waals surface area (Å²) in [4.78, 5) is 16.6. The highest BCUT2D eigenvalue weighted by Crippen LogP contribution is 2.19. The summed E-state index contributed by atoms with van der Waals surface area (Å²) >= 11 is 0. The molecule has 0 spiro atoms. The van der Waals surface area contributed by atoms with Gasteiger partial charge < -0.3 is 10.4 Å². The first-order valence-corrected chi connectivity index (χ1v) is 6.76. The third kappa shape index (κ3) is 3.33. The number of pyridine rings is 1. The summed E-state index contributed by atoms with van der Waals surface area (Å²) < 4.78 is 0. The summed E-state index contributed by atoms with van der Waals surface area (Å²) in [6.45, 7) is 4.70. The molecule has 0 aliphatic rings. The van der Waals surface area contributed by atoms with Crippen molar-refractivity contribution in [3.8, 4) is 0 Å². The Morgan fingerprint density at radius 3 is 2.80 bits per heavy atom. The summed E-state index contributed by atoms with van der Waals surface area (Å²) in [5, 5.41) is 12.8. The average molecular weight is 272 g/mol. The van der Waals surface area contributed by atoms with Crippen LogP contribution in [0.3, 0.4) is 0 Å². The average Bonchev–Trinajstić information content (AvgIpc) is 2.44. The van der Waals surface area contributed by atoms with Crippen LogP contribution in [0.4, 0.5) is 0 Å². The minimum absolute atomic E-state index is 0.102. The SMILES string of the molecule is CC(C)(CCO)CNC(=O)c1ccnc2ccccc12. The van der Waals surface area contributed by atoms with Crippen LogP contribution in [0, 0.1) is 5.41 Å². The highest BCUT2D eigenvalue weighted by molar-refractivity contribution is 6.05. The van der Waals surface area contributed by atoms with Gasteiger partial charge in [0.05, 0.1) is 11.1 Å². The monoisotopic (exact) mass is 272 g/mol. The van der Waals surface area contributed by atoms with E-state index in [9.17, 15) is 4.79 Å². The number of nitrogens with zero attached hydrogens (tertiary/aromatic N) is 1. The van der Waals surface area contributed by atoms with Crippen LogP contribution in [-0.2, 0) is 0 Å². The van der Waals surface area contributed by atoms with E-state index in [0.717, 1.165) is 10.9 Å². The number of amides is 1. The van der Waals surface area contributed by atoms with E-state index < -0.39 is 0 Å². The molecule has 1 heterocycles. The predicted molar refractivity (Wildman–Crippen MR) is 79.6 cm³/mol. The molecule has 4 nitrogen and oxygen atoms in total. The second kappa shape index (κ2) is 6.01. The summed E-state index contributed by atoms with van der Waals surface area (Å²) in [7, 11) is 0. The van der Waals surface area contributed by atoms with Crippen molar-refractivity contribution in [3.63, 3.8) is 0 Å². The third-order valence-corrected chi connectivity index (χ3v) is 3.41. The molecule has 0 bridgehead atoms. The van der Waals surface area contributed by atoms with Gasteiger partial charge in [-0.3, -0.25) is 9.78 Å². The number of aliphatic hydroxyl groups excluding tert-OH is 1. The fourth-order valence-electron chi connectivity index (χ4n) is 2.10. The number of aromatic nitrogens is 1. The van der Waals surface area contributed by atoms with E-state index in [4.69, 9.17) is 5.11 Å². The van der Waals surface area contributed by atoms with Crippen LogP contribution in [0.2, 0.25) is 0 Å². The van der Waals surface area contributed by atoms with Crippen LogP contribution < -0.4 is 5.32 Å². The van der Waals surface area contributed by atoms with E-state index in [-0.39, 0.29) is 17.9 Å². The van der Waals surface area contributed by atoms with Crippen LogP contribution in [-0.4, -0.2) is 29.1 Å². The van der Waals surface area contributed by atoms with Crippen molar-refractivity contribution in [2.75, 3.05) is 13.2 Å². The van der Waals surface area contributed by atoms with Gasteiger partial charge in [-0.25, -0.2) is 0 Å². The number of benzene rings is 1. The molecule has 0 saturated carbocycles. The van der Waals surface area contributed by atoms with Gasteiger partial charge in [0, 0.05) is 24.7 Å². The molecule has 106 valence electrons. The minimum Gasteiger partial charge on any atom is -0.396 e. The topological polar surface area (TPSA) is 62.2 Å². The van der Waals surface area contributed by atoms with Crippen LogP contribution in [0.5, 0.6) is 0 Å². The highest BCUT2D eigenvalue weighted by Gasteiger charge is 2.19. The lowest BCUT2D eigenvalue weighted by Crippen LogP contribution is -2.34. The Hall–Kier alpha value is -1.94. The maximum atomic E-state index is 12.3. The Balaban J connectivity index is 2.16. The Morgan fingerprint density at radius 1 is 1.30 bits per heavy atom. The molecule has 0 saturated heterocycles. The number of aliphatic hydroxyl groups is 1. The normalized spacial score (nSPS) is 11.6. The molecule has 1 aromatic heterocycles. The molecule has 0 radical (unpaired) electrons. The fraction of sp³-hybridized carbons (Fsp3) is 0.375. The molecule has 0 aliphatic carbocycles. The Labute approximate surface area is 118 Å². The van der Waals surface area contributed by atoms with Crippen LogP contribution in [0.25, 0.3) is 10.9 Å². The first-order valence-electron chi connectivity index (χ1n) is 6.76. The van der Waals surface area contributed by atoms with Gasteiger partial charge in [-0.1, -0.05) is 32.0 Å². The first kappa shape index (κ1) is 14.5. The highest BCUT2D eigenvalue weighted by atomic mass is 16.3. The molecular weight excluding hydrogens is 252 g/mol. The summed E-state index contributed by atoms with van der Waals surface area (Å²) in [6.07, 6.45) is 2.31. The van der Waals surface area contributed by atoms with Crippen molar-refractivity contribution >= 4 is 16.8 Å². The zero-order valence-electron chi connectivity index (χ0n) is 11.9. The van der Waals surface area contributed by atoms with Crippen molar-refractivity contribution in [1.82, 2.24) is 10.3 Å². The lowest BCUT2D eigenvalue weighted by atomic mass is 9.89. The molecule has 2 rings (SSSR count). The smallest absolute Gasteiger partial charge is 0.252 e. The number of rotatable bonds is 5. The van der Waals surface area contributed by atoms with E-state index in [2.05, 4.69) is 10.3 Å². The Bertz CT molecular complexity index is 603. The number of fused-ring (bicyclic) bond motifs is 1. The number of carbonyl (C=O) groups is 1. The van der Waals surface area contributed by atoms with E-state index >= 15 is 0 Å². The maximum absolute atomic E-state index is 12.3. The second-order valence-electron chi connectivity index (χ2n) is 5.70. The number of hydrogen-bond donors (Lipinski definition) is 2. The zero-order valence-corrected chi connectivity index (χ0v) is 11.9. The molecule has 0 fully saturated rings. The van der Waals surface area contributed by atoms with Gasteiger partial charge in [-0.05, 0) is 24.0 Å². The molecule has 0 aliphatic heterocycles. The number of nitrogens with one attached hydrogen (secondary N) is 1. The van der Waals surface area contributed by atoms with Gasteiger partial charge in [-0.2, -0.15) is 0 Å². The van der Waals surface area contributed by atoms with E-state index in [1.807, 2.05) is 38.1 Å². The van der Waals surface area contributed by atoms with Crippen molar-refractivity contribution < 1.29 is 9.90 Å². The summed E-state index contributed by atoms with van der Waals surface area (Å²) in [6, 6.07) is 9.33. The van der Waals surface area contributed by atoms with Gasteiger partial charge in [0.25, 0.3) is 5.91 Å². The van der Waals surface area contributed by atoms with Gasteiger partial charge in [0.15, 0.2) is 0 Å². The maximum Gasteiger partial charge on any atom is 0.252 e. The van der Waals surface area contributed by atoms with Crippen LogP contribution >= 0.6 is 0 Å². The van der Waals surface area contributed by atoms with Crippen molar-refractivity contribution in [1.29, 1.82) is 0 Å². The molecular formula is C16H20N2O2. The molecule has 0 atom stereocenters. The molecule has 2 N–H and O–H groups in total. The zero-order chi connectivity index (χ0) is 14.6. The first-order chi connectivity index (χ1) is 9.53. The molecule has 20 heavy (non-hydrogen) atoms. The molecule has 1 aromatic carbocycles. The Morgan fingerprint density at radius 2 is 2.05 bits per heavy atom. The lowest BCUT2D eigenvalue weighted by Gasteiger charge is -2.23. The van der Waals surface area contributed by atoms with E-state index in [1.54, 1.807) is 12.3 Å². The van der Waals surface area contributed by atoms with Crippen LogP contribution in [0.15, 0.2) is 36.5 Å².